The summed E-state index contributed by atoms with van der Waals surface area (Å²) in [5, 5.41) is 4.15. The van der Waals surface area contributed by atoms with Crippen molar-refractivity contribution in [3.63, 3.8) is 0 Å². The number of benzene rings is 2. The van der Waals surface area contributed by atoms with Gasteiger partial charge in [0.15, 0.2) is 0 Å². The molecule has 0 aliphatic carbocycles. The van der Waals surface area contributed by atoms with Crippen LogP contribution in [0.25, 0.3) is 0 Å². The van der Waals surface area contributed by atoms with Gasteiger partial charge < -0.3 is 5.32 Å². The second-order valence-electron chi connectivity index (χ2n) is 3.80. The van der Waals surface area contributed by atoms with E-state index in [4.69, 9.17) is 11.6 Å². The third-order valence-corrected chi connectivity index (χ3v) is 3.31. The highest BCUT2D eigenvalue weighted by Gasteiger charge is 2.06. The molecule has 0 spiro atoms. The fourth-order valence-corrected chi connectivity index (χ4v) is 2.10. The Morgan fingerprint density at radius 3 is 2.67 bits per heavy atom. The molecule has 1 N–H and O–H groups in total. The molecule has 0 fully saturated rings. The molecule has 4 heteroatoms. The van der Waals surface area contributed by atoms with Gasteiger partial charge in [-0.1, -0.05) is 45.7 Å². The first-order valence-corrected chi connectivity index (χ1v) is 6.91. The number of hydrogen-bond acceptors (Lipinski definition) is 1. The Balaban J connectivity index is 2.16. The van der Waals surface area contributed by atoms with Crippen molar-refractivity contribution in [2.75, 3.05) is 5.32 Å². The largest absolute Gasteiger partial charge is 0.322 e. The van der Waals surface area contributed by atoms with E-state index in [1.807, 2.05) is 24.3 Å². The summed E-state index contributed by atoms with van der Waals surface area (Å²) >= 11 is 9.24. The van der Waals surface area contributed by atoms with E-state index in [0.29, 0.717) is 10.6 Å². The molecule has 2 aromatic rings. The summed E-state index contributed by atoms with van der Waals surface area (Å²) in [5.74, 6) is -0.163. The van der Waals surface area contributed by atoms with Crippen LogP contribution in [0.4, 0.5) is 5.69 Å². The molecule has 0 bridgehead atoms. The van der Waals surface area contributed by atoms with Crippen molar-refractivity contribution in [2.24, 2.45) is 0 Å². The average Bonchev–Trinajstić information content (AvgIpc) is 2.39. The molecular formula is C14H11BrClNO. The number of carbonyl (C=O) groups excluding carboxylic acids is 1. The van der Waals surface area contributed by atoms with E-state index in [0.717, 1.165) is 16.6 Å². The molecule has 0 radical (unpaired) electrons. The van der Waals surface area contributed by atoms with Crippen molar-refractivity contribution in [1.82, 2.24) is 0 Å². The first kappa shape index (κ1) is 13.1. The minimum absolute atomic E-state index is 0.163. The molecule has 0 aliphatic rings. The minimum atomic E-state index is -0.163. The Morgan fingerprint density at radius 2 is 1.94 bits per heavy atom. The van der Waals surface area contributed by atoms with Crippen LogP contribution >= 0.6 is 27.5 Å². The Kier molecular flexibility index (Phi) is 4.39. The second kappa shape index (κ2) is 6.03. The van der Waals surface area contributed by atoms with Gasteiger partial charge in [0.05, 0.1) is 0 Å². The van der Waals surface area contributed by atoms with Gasteiger partial charge in [-0.2, -0.15) is 0 Å². The number of hydrogen-bond donors (Lipinski definition) is 1. The first-order valence-electron chi connectivity index (χ1n) is 5.41. The van der Waals surface area contributed by atoms with Crippen LogP contribution in [0.2, 0.25) is 5.02 Å². The summed E-state index contributed by atoms with van der Waals surface area (Å²) in [6, 6.07) is 14.6. The Labute approximate surface area is 119 Å². The maximum atomic E-state index is 12.0. The van der Waals surface area contributed by atoms with Crippen LogP contribution in [-0.4, -0.2) is 5.91 Å². The van der Waals surface area contributed by atoms with Crippen LogP contribution in [0, 0.1) is 0 Å². The molecule has 0 aliphatic heterocycles. The first-order chi connectivity index (χ1) is 8.69. The fourth-order valence-electron chi connectivity index (χ4n) is 1.57. The topological polar surface area (TPSA) is 29.1 Å². The number of nitrogens with one attached hydrogen (secondary N) is 1. The Bertz CT molecular complexity index is 571. The molecule has 0 unspecified atom stereocenters. The predicted molar refractivity (Wildman–Crippen MR) is 78.5 cm³/mol. The van der Waals surface area contributed by atoms with Gasteiger partial charge >= 0.3 is 0 Å². The van der Waals surface area contributed by atoms with E-state index in [2.05, 4.69) is 21.2 Å². The van der Waals surface area contributed by atoms with Crippen molar-refractivity contribution >= 4 is 39.1 Å². The zero-order valence-corrected chi connectivity index (χ0v) is 11.8. The van der Waals surface area contributed by atoms with Crippen molar-refractivity contribution in [1.29, 1.82) is 0 Å². The van der Waals surface area contributed by atoms with Crippen LogP contribution in [0.1, 0.15) is 15.9 Å². The molecule has 0 atom stereocenters. The van der Waals surface area contributed by atoms with E-state index in [1.54, 1.807) is 24.3 Å². The number of anilines is 1. The number of rotatable bonds is 3. The normalized spacial score (nSPS) is 10.1. The quantitative estimate of drug-likeness (QED) is 0.828. The van der Waals surface area contributed by atoms with Gasteiger partial charge in [0.1, 0.15) is 0 Å². The van der Waals surface area contributed by atoms with E-state index in [-0.39, 0.29) is 5.91 Å². The van der Waals surface area contributed by atoms with Crippen LogP contribution in [0.15, 0.2) is 48.5 Å². The van der Waals surface area contributed by atoms with Crippen LogP contribution in [0.3, 0.4) is 0 Å². The molecule has 0 saturated carbocycles. The van der Waals surface area contributed by atoms with Crippen LogP contribution in [-0.2, 0) is 5.33 Å². The third-order valence-electron chi connectivity index (χ3n) is 2.43. The highest BCUT2D eigenvalue weighted by atomic mass is 79.9. The lowest BCUT2D eigenvalue weighted by molar-refractivity contribution is 0.102. The molecule has 92 valence electrons. The average molecular weight is 325 g/mol. The van der Waals surface area contributed by atoms with Crippen molar-refractivity contribution in [3.8, 4) is 0 Å². The number of halogens is 2. The van der Waals surface area contributed by atoms with E-state index in [9.17, 15) is 4.79 Å². The molecule has 1 amide bonds. The maximum absolute atomic E-state index is 12.0. The second-order valence-corrected chi connectivity index (χ2v) is 4.80. The van der Waals surface area contributed by atoms with E-state index >= 15 is 0 Å². The predicted octanol–water partition coefficient (Wildman–Crippen LogP) is 4.49. The van der Waals surface area contributed by atoms with Crippen LogP contribution < -0.4 is 5.32 Å². The zero-order valence-electron chi connectivity index (χ0n) is 9.49. The van der Waals surface area contributed by atoms with Gasteiger partial charge in [0.2, 0.25) is 0 Å². The molecule has 0 saturated heterocycles. The summed E-state index contributed by atoms with van der Waals surface area (Å²) < 4.78 is 0. The molecule has 2 rings (SSSR count). The smallest absolute Gasteiger partial charge is 0.255 e. The Hall–Kier alpha value is -1.32. The van der Waals surface area contributed by atoms with Gasteiger partial charge in [0.25, 0.3) is 5.91 Å². The number of carbonyl (C=O) groups is 1. The van der Waals surface area contributed by atoms with Gasteiger partial charge in [-0.3, -0.25) is 4.79 Å². The van der Waals surface area contributed by atoms with Gasteiger partial charge in [-0.05, 0) is 35.9 Å². The van der Waals surface area contributed by atoms with Gasteiger partial charge in [0, 0.05) is 21.6 Å². The standard InChI is InChI=1S/C14H11BrClNO/c15-9-10-3-1-6-13(7-10)17-14(18)11-4-2-5-12(16)8-11/h1-8H,9H2,(H,17,18). The lowest BCUT2D eigenvalue weighted by atomic mass is 10.2. The van der Waals surface area contributed by atoms with E-state index < -0.39 is 0 Å². The highest BCUT2D eigenvalue weighted by molar-refractivity contribution is 9.08. The zero-order chi connectivity index (χ0) is 13.0. The molecular weight excluding hydrogens is 314 g/mol. The van der Waals surface area contributed by atoms with Crippen molar-refractivity contribution in [3.05, 3.63) is 64.7 Å². The maximum Gasteiger partial charge on any atom is 0.255 e. The molecule has 18 heavy (non-hydrogen) atoms. The third kappa shape index (κ3) is 3.34. The lowest BCUT2D eigenvalue weighted by Crippen LogP contribution is -2.11. The highest BCUT2D eigenvalue weighted by Crippen LogP contribution is 2.16. The van der Waals surface area contributed by atoms with Crippen molar-refractivity contribution in [2.45, 2.75) is 5.33 Å². The number of alkyl halides is 1. The van der Waals surface area contributed by atoms with E-state index in [1.165, 1.54) is 0 Å². The lowest BCUT2D eigenvalue weighted by Gasteiger charge is -2.06. The molecule has 0 heterocycles. The summed E-state index contributed by atoms with van der Waals surface area (Å²) in [7, 11) is 0. The van der Waals surface area contributed by atoms with Gasteiger partial charge in [-0.25, -0.2) is 0 Å². The SMILES string of the molecule is O=C(Nc1cccc(CBr)c1)c1cccc(Cl)c1. The molecule has 0 aromatic heterocycles. The molecule has 2 nitrogen and oxygen atoms in total. The molecule has 2 aromatic carbocycles. The monoisotopic (exact) mass is 323 g/mol. The Morgan fingerprint density at radius 1 is 1.17 bits per heavy atom. The van der Waals surface area contributed by atoms with Crippen LogP contribution in [0.5, 0.6) is 0 Å². The summed E-state index contributed by atoms with van der Waals surface area (Å²) in [5.41, 5.74) is 2.43. The minimum Gasteiger partial charge on any atom is -0.322 e. The summed E-state index contributed by atoms with van der Waals surface area (Å²) in [6.45, 7) is 0. The van der Waals surface area contributed by atoms with Gasteiger partial charge in [-0.15, -0.1) is 0 Å². The van der Waals surface area contributed by atoms with Crippen molar-refractivity contribution < 1.29 is 4.79 Å². The summed E-state index contributed by atoms with van der Waals surface area (Å²) in [4.78, 5) is 12.0. The fraction of sp³-hybridized carbons (Fsp3) is 0.0714. The number of amides is 1. The summed E-state index contributed by atoms with van der Waals surface area (Å²) in [6.07, 6.45) is 0.